The minimum atomic E-state index is 1.02. The summed E-state index contributed by atoms with van der Waals surface area (Å²) >= 11 is 1.46. The van der Waals surface area contributed by atoms with Gasteiger partial charge in [-0.3, -0.25) is 9.52 Å². The average molecular weight is 244 g/mol. The standard InChI is InChI=1S/C13H26NOS/c1-2-3-4-5-6-7-8-9-10-11-12-16-14-13-15/h2-12H2,1H3,(H,14,15). The van der Waals surface area contributed by atoms with Crippen LogP contribution in [0.2, 0.25) is 0 Å². The lowest BCUT2D eigenvalue weighted by Gasteiger charge is -2.01. The van der Waals surface area contributed by atoms with Gasteiger partial charge in [0.2, 0.25) is 0 Å². The zero-order valence-corrected chi connectivity index (χ0v) is 11.4. The Morgan fingerprint density at radius 2 is 1.38 bits per heavy atom. The summed E-state index contributed by atoms with van der Waals surface area (Å²) in [5.74, 6) is 1.02. The summed E-state index contributed by atoms with van der Waals surface area (Å²) in [4.78, 5) is 9.83. The second-order valence-electron chi connectivity index (χ2n) is 4.23. The molecular weight excluding hydrogens is 218 g/mol. The third kappa shape index (κ3) is 13.8. The molecule has 0 fully saturated rings. The van der Waals surface area contributed by atoms with Crippen LogP contribution in [0.25, 0.3) is 0 Å². The summed E-state index contributed by atoms with van der Waals surface area (Å²) in [6.45, 7) is 2.26. The molecule has 0 aromatic heterocycles. The molecule has 1 radical (unpaired) electrons. The monoisotopic (exact) mass is 244 g/mol. The minimum Gasteiger partial charge on any atom is -0.292 e. The molecular formula is C13H26NOS. The predicted octanol–water partition coefficient (Wildman–Crippen LogP) is 4.21. The molecule has 0 saturated carbocycles. The van der Waals surface area contributed by atoms with Crippen LogP contribution in [-0.4, -0.2) is 12.2 Å². The fourth-order valence-corrected chi connectivity index (χ4v) is 2.25. The highest BCUT2D eigenvalue weighted by molar-refractivity contribution is 7.97. The molecule has 0 unspecified atom stereocenters. The van der Waals surface area contributed by atoms with Crippen molar-refractivity contribution in [3.05, 3.63) is 0 Å². The maximum absolute atomic E-state index is 9.83. The van der Waals surface area contributed by atoms with Gasteiger partial charge in [0, 0.05) is 5.75 Å². The minimum absolute atomic E-state index is 1.02. The van der Waals surface area contributed by atoms with Crippen molar-refractivity contribution in [3.8, 4) is 0 Å². The molecule has 1 amide bonds. The van der Waals surface area contributed by atoms with Crippen molar-refractivity contribution in [2.45, 2.75) is 71.1 Å². The van der Waals surface area contributed by atoms with Crippen LogP contribution >= 0.6 is 11.9 Å². The number of rotatable bonds is 13. The third-order valence-electron chi connectivity index (χ3n) is 2.71. The molecule has 2 nitrogen and oxygen atoms in total. The molecule has 0 aromatic carbocycles. The molecule has 3 heteroatoms. The lowest BCUT2D eigenvalue weighted by molar-refractivity contribution is 0.554. The molecule has 0 aliphatic carbocycles. The van der Waals surface area contributed by atoms with Crippen LogP contribution < -0.4 is 4.72 Å². The second kappa shape index (κ2) is 14.8. The lowest BCUT2D eigenvalue weighted by Crippen LogP contribution is -1.99. The molecule has 0 aliphatic heterocycles. The Morgan fingerprint density at radius 3 is 1.88 bits per heavy atom. The maximum Gasteiger partial charge on any atom is 0.320 e. The first-order valence-corrected chi connectivity index (χ1v) is 7.64. The molecule has 0 aromatic rings. The van der Waals surface area contributed by atoms with E-state index in [1.54, 1.807) is 6.41 Å². The van der Waals surface area contributed by atoms with Crippen molar-refractivity contribution < 1.29 is 4.79 Å². The van der Waals surface area contributed by atoms with Gasteiger partial charge in [-0.25, -0.2) is 0 Å². The summed E-state index contributed by atoms with van der Waals surface area (Å²) in [6.07, 6.45) is 15.3. The van der Waals surface area contributed by atoms with Crippen LogP contribution in [0, 0.1) is 0 Å². The van der Waals surface area contributed by atoms with Crippen molar-refractivity contribution in [2.75, 3.05) is 5.75 Å². The van der Waals surface area contributed by atoms with E-state index in [2.05, 4.69) is 11.6 Å². The van der Waals surface area contributed by atoms with Gasteiger partial charge < -0.3 is 0 Å². The van der Waals surface area contributed by atoms with Gasteiger partial charge in [0.15, 0.2) is 0 Å². The van der Waals surface area contributed by atoms with Gasteiger partial charge in [-0.1, -0.05) is 76.7 Å². The van der Waals surface area contributed by atoms with E-state index in [9.17, 15) is 4.79 Å². The summed E-state index contributed by atoms with van der Waals surface area (Å²) in [5.41, 5.74) is 0. The molecule has 0 heterocycles. The van der Waals surface area contributed by atoms with Gasteiger partial charge >= 0.3 is 6.41 Å². The number of carbonyl (C=O) groups excluding carboxylic acids is 1. The first kappa shape index (κ1) is 15.8. The van der Waals surface area contributed by atoms with E-state index in [1.165, 1.54) is 76.2 Å². The van der Waals surface area contributed by atoms with Crippen LogP contribution in [0.5, 0.6) is 0 Å². The van der Waals surface area contributed by atoms with Crippen LogP contribution in [0.4, 0.5) is 0 Å². The molecule has 0 aliphatic rings. The Bertz CT molecular complexity index is 142. The van der Waals surface area contributed by atoms with Gasteiger partial charge in [0.05, 0.1) is 0 Å². The number of nitrogens with one attached hydrogen (secondary N) is 1. The number of hydrogen-bond donors (Lipinski definition) is 1. The predicted molar refractivity (Wildman–Crippen MR) is 73.1 cm³/mol. The van der Waals surface area contributed by atoms with Crippen molar-refractivity contribution in [2.24, 2.45) is 0 Å². The first-order valence-electron chi connectivity index (χ1n) is 6.65. The van der Waals surface area contributed by atoms with Gasteiger partial charge in [-0.15, -0.1) is 0 Å². The Hall–Kier alpha value is -0.180. The normalized spacial score (nSPS) is 10.3. The second-order valence-corrected chi connectivity index (χ2v) is 5.14. The largest absolute Gasteiger partial charge is 0.320 e. The first-order chi connectivity index (χ1) is 7.91. The lowest BCUT2D eigenvalue weighted by atomic mass is 10.1. The molecule has 0 bridgehead atoms. The highest BCUT2D eigenvalue weighted by atomic mass is 32.2. The SMILES string of the molecule is CCCCCCCCCCCCSN[C]=O. The summed E-state index contributed by atoms with van der Waals surface area (Å²) in [5, 5.41) is 0. The van der Waals surface area contributed by atoms with Crippen LogP contribution in [-0.2, 0) is 4.79 Å². The van der Waals surface area contributed by atoms with E-state index < -0.39 is 0 Å². The topological polar surface area (TPSA) is 29.1 Å². The van der Waals surface area contributed by atoms with E-state index in [0.717, 1.165) is 5.75 Å². The zero-order chi connectivity index (χ0) is 11.9. The average Bonchev–Trinajstić information content (AvgIpc) is 2.31. The molecule has 0 atom stereocenters. The fourth-order valence-electron chi connectivity index (χ4n) is 1.74. The van der Waals surface area contributed by atoms with Crippen molar-refractivity contribution in [1.29, 1.82) is 0 Å². The highest BCUT2D eigenvalue weighted by Gasteiger charge is 1.92. The summed E-state index contributed by atoms with van der Waals surface area (Å²) in [6, 6.07) is 0. The fraction of sp³-hybridized carbons (Fsp3) is 0.923. The molecule has 0 rings (SSSR count). The van der Waals surface area contributed by atoms with E-state index >= 15 is 0 Å². The van der Waals surface area contributed by atoms with Crippen LogP contribution in [0.3, 0.4) is 0 Å². The number of unbranched alkanes of at least 4 members (excludes halogenated alkanes) is 9. The Morgan fingerprint density at radius 1 is 0.875 bits per heavy atom. The van der Waals surface area contributed by atoms with Crippen molar-refractivity contribution in [3.63, 3.8) is 0 Å². The zero-order valence-electron chi connectivity index (χ0n) is 10.6. The Labute approximate surface area is 105 Å². The van der Waals surface area contributed by atoms with E-state index in [1.807, 2.05) is 0 Å². The van der Waals surface area contributed by atoms with Crippen LogP contribution in [0.15, 0.2) is 0 Å². The van der Waals surface area contributed by atoms with Crippen molar-refractivity contribution in [1.82, 2.24) is 4.72 Å². The van der Waals surface area contributed by atoms with Gasteiger partial charge in [-0.2, -0.15) is 0 Å². The Balaban J connectivity index is 2.85. The number of amides is 1. The molecule has 95 valence electrons. The third-order valence-corrected chi connectivity index (χ3v) is 3.43. The summed E-state index contributed by atoms with van der Waals surface area (Å²) in [7, 11) is 0. The molecule has 0 spiro atoms. The van der Waals surface area contributed by atoms with Crippen LogP contribution in [0.1, 0.15) is 71.1 Å². The maximum atomic E-state index is 9.83. The quantitative estimate of drug-likeness (QED) is 0.299. The Kier molecular flexibility index (Phi) is 14.7. The molecule has 0 saturated heterocycles. The van der Waals surface area contributed by atoms with Gasteiger partial charge in [0.1, 0.15) is 0 Å². The van der Waals surface area contributed by atoms with Crippen molar-refractivity contribution >= 4 is 18.4 Å². The molecule has 1 N–H and O–H groups in total. The van der Waals surface area contributed by atoms with E-state index in [-0.39, 0.29) is 0 Å². The van der Waals surface area contributed by atoms with Gasteiger partial charge in [0.25, 0.3) is 0 Å². The summed E-state index contributed by atoms with van der Waals surface area (Å²) < 4.78 is 2.49. The van der Waals surface area contributed by atoms with E-state index in [4.69, 9.17) is 0 Å². The number of hydrogen-bond acceptors (Lipinski definition) is 2. The molecule has 16 heavy (non-hydrogen) atoms. The van der Waals surface area contributed by atoms with Gasteiger partial charge in [-0.05, 0) is 6.42 Å². The smallest absolute Gasteiger partial charge is 0.292 e. The van der Waals surface area contributed by atoms with E-state index in [0.29, 0.717) is 0 Å². The highest BCUT2D eigenvalue weighted by Crippen LogP contribution is 2.11.